The van der Waals surface area contributed by atoms with E-state index in [2.05, 4.69) is 23.8 Å². The molecule has 0 fully saturated rings. The van der Waals surface area contributed by atoms with Crippen molar-refractivity contribution in [3.63, 3.8) is 0 Å². The number of thiophene rings is 1. The number of fused-ring (bicyclic) bond motifs is 1. The molecule has 0 unspecified atom stereocenters. The van der Waals surface area contributed by atoms with Crippen LogP contribution in [0, 0.1) is 0 Å². The van der Waals surface area contributed by atoms with Crippen molar-refractivity contribution in [1.29, 1.82) is 0 Å². The van der Waals surface area contributed by atoms with Crippen LogP contribution in [0.5, 0.6) is 0 Å². The van der Waals surface area contributed by atoms with Gasteiger partial charge in [-0.25, -0.2) is 9.97 Å². The van der Waals surface area contributed by atoms with E-state index in [1.807, 2.05) is 11.4 Å². The number of aromatic nitrogens is 2. The quantitative estimate of drug-likeness (QED) is 0.818. The van der Waals surface area contributed by atoms with Crippen molar-refractivity contribution in [3.8, 4) is 0 Å². The molecule has 0 saturated heterocycles. The lowest BCUT2D eigenvalue weighted by Gasteiger charge is -2.21. The van der Waals surface area contributed by atoms with Gasteiger partial charge < -0.3 is 5.73 Å². The minimum absolute atomic E-state index is 0.0773. The van der Waals surface area contributed by atoms with Crippen LogP contribution in [-0.4, -0.2) is 16.5 Å². The first-order valence-electron chi connectivity index (χ1n) is 4.54. The third-order valence-corrected chi connectivity index (χ3v) is 3.30. The summed E-state index contributed by atoms with van der Waals surface area (Å²) in [5.74, 6) is 0. The molecule has 74 valence electrons. The van der Waals surface area contributed by atoms with Gasteiger partial charge in [-0.15, -0.1) is 11.3 Å². The zero-order valence-electron chi connectivity index (χ0n) is 8.32. The first-order chi connectivity index (χ1) is 6.65. The van der Waals surface area contributed by atoms with Crippen LogP contribution in [-0.2, 0) is 5.41 Å². The number of nitrogens with two attached hydrogens (primary N) is 1. The van der Waals surface area contributed by atoms with Crippen LogP contribution in [0.2, 0.25) is 0 Å². The summed E-state index contributed by atoms with van der Waals surface area (Å²) >= 11 is 1.68. The predicted octanol–water partition coefficient (Wildman–Crippen LogP) is 1.93. The second kappa shape index (κ2) is 3.29. The molecule has 0 aromatic carbocycles. The molecule has 4 heteroatoms. The largest absolute Gasteiger partial charge is 0.330 e. The van der Waals surface area contributed by atoms with Crippen molar-refractivity contribution in [1.82, 2.24) is 9.97 Å². The van der Waals surface area contributed by atoms with Gasteiger partial charge in [-0.05, 0) is 11.4 Å². The van der Waals surface area contributed by atoms with Gasteiger partial charge >= 0.3 is 0 Å². The molecule has 0 spiro atoms. The topological polar surface area (TPSA) is 51.8 Å². The lowest BCUT2D eigenvalue weighted by molar-refractivity contribution is 0.527. The van der Waals surface area contributed by atoms with E-state index in [0.717, 1.165) is 15.9 Å². The molecule has 3 nitrogen and oxygen atoms in total. The third kappa shape index (κ3) is 1.40. The Hall–Kier alpha value is -1.000. The van der Waals surface area contributed by atoms with Gasteiger partial charge in [0.05, 0.1) is 15.9 Å². The van der Waals surface area contributed by atoms with Crippen molar-refractivity contribution in [3.05, 3.63) is 23.5 Å². The Bertz CT molecular complexity index is 447. The highest BCUT2D eigenvalue weighted by Gasteiger charge is 2.23. The van der Waals surface area contributed by atoms with Crippen molar-refractivity contribution in [2.75, 3.05) is 6.54 Å². The molecule has 0 aliphatic rings. The summed E-state index contributed by atoms with van der Waals surface area (Å²) in [7, 11) is 0. The second-order valence-corrected chi connectivity index (χ2v) is 4.86. The molecule has 2 rings (SSSR count). The normalized spacial score (nSPS) is 12.2. The van der Waals surface area contributed by atoms with Gasteiger partial charge in [0.2, 0.25) is 0 Å². The summed E-state index contributed by atoms with van der Waals surface area (Å²) in [6, 6.07) is 2.01. The van der Waals surface area contributed by atoms with Gasteiger partial charge in [-0.2, -0.15) is 0 Å². The molecule has 2 aromatic rings. The van der Waals surface area contributed by atoms with Gasteiger partial charge in [-0.1, -0.05) is 13.8 Å². The summed E-state index contributed by atoms with van der Waals surface area (Å²) in [6.07, 6.45) is 1.61. The highest BCUT2D eigenvalue weighted by atomic mass is 32.1. The second-order valence-electron chi connectivity index (χ2n) is 3.95. The van der Waals surface area contributed by atoms with E-state index in [4.69, 9.17) is 5.73 Å². The van der Waals surface area contributed by atoms with Crippen LogP contribution < -0.4 is 5.73 Å². The molecule has 0 aliphatic heterocycles. The summed E-state index contributed by atoms with van der Waals surface area (Å²) in [6.45, 7) is 4.81. The Morgan fingerprint density at radius 1 is 1.43 bits per heavy atom. The molecule has 0 radical (unpaired) electrons. The SMILES string of the molecule is CC(C)(CN)c1ncnc2ccsc12. The van der Waals surface area contributed by atoms with E-state index < -0.39 is 0 Å². The summed E-state index contributed by atoms with van der Waals surface area (Å²) < 4.78 is 1.16. The average Bonchev–Trinajstić information content (AvgIpc) is 2.64. The maximum atomic E-state index is 5.74. The Labute approximate surface area is 87.0 Å². The lowest BCUT2D eigenvalue weighted by atomic mass is 9.89. The molecule has 2 aromatic heterocycles. The maximum absolute atomic E-state index is 5.74. The van der Waals surface area contributed by atoms with E-state index in [1.165, 1.54) is 0 Å². The Kier molecular flexibility index (Phi) is 2.25. The van der Waals surface area contributed by atoms with Crippen LogP contribution in [0.15, 0.2) is 17.8 Å². The summed E-state index contributed by atoms with van der Waals surface area (Å²) in [5.41, 5.74) is 7.74. The van der Waals surface area contributed by atoms with Crippen molar-refractivity contribution >= 4 is 21.6 Å². The Morgan fingerprint density at radius 3 is 2.93 bits per heavy atom. The highest BCUT2D eigenvalue weighted by molar-refractivity contribution is 7.17. The van der Waals surface area contributed by atoms with Gasteiger partial charge in [0, 0.05) is 12.0 Å². The fourth-order valence-electron chi connectivity index (χ4n) is 1.37. The van der Waals surface area contributed by atoms with E-state index in [0.29, 0.717) is 6.54 Å². The molecule has 0 atom stereocenters. The smallest absolute Gasteiger partial charge is 0.116 e. The molecule has 0 saturated carbocycles. The predicted molar refractivity (Wildman–Crippen MR) is 59.5 cm³/mol. The molecular weight excluding hydrogens is 194 g/mol. The number of hydrogen-bond acceptors (Lipinski definition) is 4. The first kappa shape index (κ1) is 9.55. The van der Waals surface area contributed by atoms with Gasteiger partial charge in [0.25, 0.3) is 0 Å². The molecule has 14 heavy (non-hydrogen) atoms. The van der Waals surface area contributed by atoms with Crippen LogP contribution in [0.3, 0.4) is 0 Å². The minimum Gasteiger partial charge on any atom is -0.330 e. The van der Waals surface area contributed by atoms with E-state index in [9.17, 15) is 0 Å². The number of hydrogen-bond donors (Lipinski definition) is 1. The van der Waals surface area contributed by atoms with Crippen molar-refractivity contribution in [2.24, 2.45) is 5.73 Å². The average molecular weight is 207 g/mol. The van der Waals surface area contributed by atoms with Gasteiger partial charge in [0.15, 0.2) is 0 Å². The number of nitrogens with zero attached hydrogens (tertiary/aromatic N) is 2. The van der Waals surface area contributed by atoms with Gasteiger partial charge in [-0.3, -0.25) is 0 Å². The van der Waals surface area contributed by atoms with E-state index in [-0.39, 0.29) is 5.41 Å². The van der Waals surface area contributed by atoms with Crippen LogP contribution in [0.1, 0.15) is 19.5 Å². The standard InChI is InChI=1S/C10H13N3S/c1-10(2,5-11)9-8-7(3-4-14-8)12-6-13-9/h3-4,6H,5,11H2,1-2H3. The fourth-order valence-corrected chi connectivity index (χ4v) is 2.38. The zero-order valence-corrected chi connectivity index (χ0v) is 9.14. The minimum atomic E-state index is -0.0773. The number of rotatable bonds is 2. The third-order valence-electron chi connectivity index (χ3n) is 2.39. The van der Waals surface area contributed by atoms with Crippen molar-refractivity contribution in [2.45, 2.75) is 19.3 Å². The van der Waals surface area contributed by atoms with Gasteiger partial charge in [0.1, 0.15) is 6.33 Å². The van der Waals surface area contributed by atoms with Crippen LogP contribution in [0.4, 0.5) is 0 Å². The van der Waals surface area contributed by atoms with Crippen LogP contribution >= 0.6 is 11.3 Å². The lowest BCUT2D eigenvalue weighted by Crippen LogP contribution is -2.29. The summed E-state index contributed by atoms with van der Waals surface area (Å²) in [4.78, 5) is 8.55. The molecule has 0 aliphatic carbocycles. The fraction of sp³-hybridized carbons (Fsp3) is 0.400. The molecule has 2 N–H and O–H groups in total. The molecule has 2 heterocycles. The molecular formula is C10H13N3S. The molecule has 0 bridgehead atoms. The Balaban J connectivity index is 2.67. The van der Waals surface area contributed by atoms with Crippen molar-refractivity contribution < 1.29 is 0 Å². The van der Waals surface area contributed by atoms with E-state index >= 15 is 0 Å². The summed E-state index contributed by atoms with van der Waals surface area (Å²) in [5, 5.41) is 2.04. The first-order valence-corrected chi connectivity index (χ1v) is 5.42. The monoisotopic (exact) mass is 207 g/mol. The maximum Gasteiger partial charge on any atom is 0.116 e. The van der Waals surface area contributed by atoms with Crippen LogP contribution in [0.25, 0.3) is 10.2 Å². The zero-order chi connectivity index (χ0) is 10.2. The molecule has 0 amide bonds. The van der Waals surface area contributed by atoms with E-state index in [1.54, 1.807) is 17.7 Å². The highest BCUT2D eigenvalue weighted by Crippen LogP contribution is 2.29. The Morgan fingerprint density at radius 2 is 2.21 bits per heavy atom.